The molecule has 0 N–H and O–H groups in total. The van der Waals surface area contributed by atoms with Gasteiger partial charge in [0.15, 0.2) is 5.78 Å². The van der Waals surface area contributed by atoms with Crippen molar-refractivity contribution in [2.45, 2.75) is 32.6 Å². The first-order valence-electron chi connectivity index (χ1n) is 9.15. The number of carbonyl (C=O) groups is 1. The Morgan fingerprint density at radius 3 is 2.63 bits per heavy atom. The van der Waals surface area contributed by atoms with Crippen LogP contribution in [0.25, 0.3) is 15.3 Å². The van der Waals surface area contributed by atoms with Crippen molar-refractivity contribution < 1.29 is 4.79 Å². The lowest BCUT2D eigenvalue weighted by Gasteiger charge is -2.24. The fraction of sp³-hybridized carbons (Fsp3) is 0.227. The molecule has 0 saturated carbocycles. The number of aromatic nitrogens is 3. The van der Waals surface area contributed by atoms with Crippen LogP contribution in [0.1, 0.15) is 45.2 Å². The monoisotopic (exact) mass is 373 g/mol. The van der Waals surface area contributed by atoms with Gasteiger partial charge < -0.3 is 0 Å². The number of hydrogen-bond donors (Lipinski definition) is 0. The first-order chi connectivity index (χ1) is 13.1. The van der Waals surface area contributed by atoms with Crippen molar-refractivity contribution in [3.8, 4) is 5.13 Å². The maximum Gasteiger partial charge on any atom is 0.211 e. The number of rotatable bonds is 2. The van der Waals surface area contributed by atoms with Gasteiger partial charge in [0, 0.05) is 6.42 Å². The summed E-state index contributed by atoms with van der Waals surface area (Å²) in [5.41, 5.74) is 6.05. The van der Waals surface area contributed by atoms with Crippen molar-refractivity contribution in [1.82, 2.24) is 14.8 Å². The lowest BCUT2D eigenvalue weighted by atomic mass is 9.80. The Hall–Kier alpha value is -2.79. The van der Waals surface area contributed by atoms with Gasteiger partial charge in [0.05, 0.1) is 27.2 Å². The van der Waals surface area contributed by atoms with Crippen molar-refractivity contribution in [3.05, 3.63) is 76.6 Å². The lowest BCUT2D eigenvalue weighted by Crippen LogP contribution is -2.21. The Bertz CT molecular complexity index is 1150. The van der Waals surface area contributed by atoms with Crippen molar-refractivity contribution in [1.29, 1.82) is 0 Å². The standard InChI is InChI=1S/C22H19N3OS/c1-13-7-3-4-8-16(13)15-11-18-21(19(26)12-15)14(2)24-25(18)22-23-17-9-5-6-10-20(17)27-22/h3-10,15H,11-12H2,1-2H3. The molecule has 0 bridgehead atoms. The van der Waals surface area contributed by atoms with Gasteiger partial charge in [-0.2, -0.15) is 5.10 Å². The summed E-state index contributed by atoms with van der Waals surface area (Å²) in [6, 6.07) is 16.5. The van der Waals surface area contributed by atoms with E-state index in [9.17, 15) is 4.79 Å². The van der Waals surface area contributed by atoms with E-state index in [1.165, 1.54) is 11.1 Å². The molecule has 5 heteroatoms. The third-order valence-corrected chi connectivity index (χ3v) is 6.41. The minimum absolute atomic E-state index is 0.189. The number of carbonyl (C=O) groups excluding carboxylic acids is 1. The summed E-state index contributed by atoms with van der Waals surface area (Å²) in [6.45, 7) is 4.04. The highest BCUT2D eigenvalue weighted by Crippen LogP contribution is 2.37. The second-order valence-electron chi connectivity index (χ2n) is 7.17. The molecule has 0 fully saturated rings. The molecular weight excluding hydrogens is 354 g/mol. The van der Waals surface area contributed by atoms with Crippen LogP contribution in [-0.4, -0.2) is 20.5 Å². The van der Waals surface area contributed by atoms with E-state index in [1.807, 2.05) is 35.9 Å². The van der Waals surface area contributed by atoms with Crippen LogP contribution in [0.15, 0.2) is 48.5 Å². The number of fused-ring (bicyclic) bond motifs is 2. The third kappa shape index (κ3) is 2.61. The molecule has 0 radical (unpaired) electrons. The quantitative estimate of drug-likeness (QED) is 0.496. The SMILES string of the molecule is Cc1ccccc1C1CC(=O)c2c(C)nn(-c3nc4ccccc4s3)c2C1. The topological polar surface area (TPSA) is 47.8 Å². The molecule has 0 saturated heterocycles. The summed E-state index contributed by atoms with van der Waals surface area (Å²) in [5.74, 6) is 0.379. The van der Waals surface area contributed by atoms with Crippen LogP contribution >= 0.6 is 11.3 Å². The van der Waals surface area contributed by atoms with Crippen LogP contribution in [-0.2, 0) is 6.42 Å². The van der Waals surface area contributed by atoms with E-state index in [-0.39, 0.29) is 11.7 Å². The molecule has 0 amide bonds. The molecule has 1 aliphatic rings. The molecule has 1 atom stereocenters. The summed E-state index contributed by atoms with van der Waals surface area (Å²) in [5, 5.41) is 5.53. The molecule has 4 aromatic rings. The molecule has 2 aromatic heterocycles. The van der Waals surface area contributed by atoms with Crippen LogP contribution in [0.4, 0.5) is 0 Å². The molecule has 134 valence electrons. The van der Waals surface area contributed by atoms with Gasteiger partial charge in [0.25, 0.3) is 0 Å². The molecule has 27 heavy (non-hydrogen) atoms. The largest absolute Gasteiger partial charge is 0.294 e. The first kappa shape index (κ1) is 16.4. The van der Waals surface area contributed by atoms with Crippen molar-refractivity contribution in [2.24, 2.45) is 0 Å². The van der Waals surface area contributed by atoms with E-state index in [0.717, 1.165) is 38.7 Å². The maximum atomic E-state index is 12.9. The summed E-state index contributed by atoms with van der Waals surface area (Å²) < 4.78 is 3.03. The van der Waals surface area contributed by atoms with Gasteiger partial charge >= 0.3 is 0 Å². The normalized spacial score (nSPS) is 16.7. The molecule has 1 unspecified atom stereocenters. The summed E-state index contributed by atoms with van der Waals surface area (Å²) in [6.07, 6.45) is 1.35. The average molecular weight is 373 g/mol. The number of benzene rings is 2. The number of aryl methyl sites for hydroxylation is 2. The summed E-state index contributed by atoms with van der Waals surface area (Å²) in [7, 11) is 0. The Labute approximate surface area is 161 Å². The number of nitrogens with zero attached hydrogens (tertiary/aromatic N) is 3. The Balaban J connectivity index is 1.64. The van der Waals surface area contributed by atoms with E-state index in [2.05, 4.69) is 31.2 Å². The fourth-order valence-electron chi connectivity index (χ4n) is 4.13. The van der Waals surface area contributed by atoms with Gasteiger partial charge in [0.1, 0.15) is 0 Å². The molecule has 0 aliphatic heterocycles. The van der Waals surface area contributed by atoms with E-state index in [0.29, 0.717) is 6.42 Å². The molecule has 5 rings (SSSR count). The second-order valence-corrected chi connectivity index (χ2v) is 8.18. The van der Waals surface area contributed by atoms with Crippen LogP contribution in [0, 0.1) is 13.8 Å². The fourth-order valence-corrected chi connectivity index (χ4v) is 5.07. The second kappa shape index (κ2) is 6.13. The summed E-state index contributed by atoms with van der Waals surface area (Å²) >= 11 is 1.62. The molecule has 4 nitrogen and oxygen atoms in total. The van der Waals surface area contributed by atoms with Crippen LogP contribution < -0.4 is 0 Å². The highest BCUT2D eigenvalue weighted by Gasteiger charge is 2.33. The van der Waals surface area contributed by atoms with Gasteiger partial charge in [0.2, 0.25) is 5.13 Å². The van der Waals surface area contributed by atoms with Crippen molar-refractivity contribution >= 4 is 27.3 Å². The number of Topliss-reactive ketones (excluding diaryl/α,β-unsaturated/α-hetero) is 1. The zero-order valence-electron chi connectivity index (χ0n) is 15.3. The maximum absolute atomic E-state index is 12.9. The zero-order chi connectivity index (χ0) is 18.5. The smallest absolute Gasteiger partial charge is 0.211 e. The molecule has 0 spiro atoms. The third-order valence-electron chi connectivity index (χ3n) is 5.40. The number of thiazole rings is 1. The van der Waals surface area contributed by atoms with E-state index < -0.39 is 0 Å². The van der Waals surface area contributed by atoms with Gasteiger partial charge in [-0.15, -0.1) is 0 Å². The van der Waals surface area contributed by atoms with Crippen molar-refractivity contribution in [2.75, 3.05) is 0 Å². The Morgan fingerprint density at radius 1 is 1.04 bits per heavy atom. The molecule has 1 aliphatic carbocycles. The number of para-hydroxylation sites is 1. The number of hydrogen-bond acceptors (Lipinski definition) is 4. The minimum Gasteiger partial charge on any atom is -0.294 e. The van der Waals surface area contributed by atoms with E-state index in [4.69, 9.17) is 10.1 Å². The first-order valence-corrected chi connectivity index (χ1v) is 9.96. The highest BCUT2D eigenvalue weighted by molar-refractivity contribution is 7.20. The zero-order valence-corrected chi connectivity index (χ0v) is 16.1. The van der Waals surface area contributed by atoms with Gasteiger partial charge in [-0.1, -0.05) is 47.7 Å². The predicted octanol–water partition coefficient (Wildman–Crippen LogP) is 5.01. The summed E-state index contributed by atoms with van der Waals surface area (Å²) in [4.78, 5) is 17.7. The minimum atomic E-state index is 0.189. The Kier molecular flexibility index (Phi) is 3.72. The van der Waals surface area contributed by atoms with Crippen LogP contribution in [0.3, 0.4) is 0 Å². The molecule has 2 heterocycles. The average Bonchev–Trinajstić information content (AvgIpc) is 3.23. The van der Waals surface area contributed by atoms with E-state index in [1.54, 1.807) is 11.3 Å². The van der Waals surface area contributed by atoms with Gasteiger partial charge in [-0.05, 0) is 49.4 Å². The van der Waals surface area contributed by atoms with Gasteiger partial charge in [-0.25, -0.2) is 9.67 Å². The van der Waals surface area contributed by atoms with E-state index >= 15 is 0 Å². The van der Waals surface area contributed by atoms with Crippen LogP contribution in [0.5, 0.6) is 0 Å². The lowest BCUT2D eigenvalue weighted by molar-refractivity contribution is 0.0963. The Morgan fingerprint density at radius 2 is 1.81 bits per heavy atom. The highest BCUT2D eigenvalue weighted by atomic mass is 32.1. The van der Waals surface area contributed by atoms with Crippen LogP contribution in [0.2, 0.25) is 0 Å². The number of ketones is 1. The van der Waals surface area contributed by atoms with Crippen molar-refractivity contribution in [3.63, 3.8) is 0 Å². The predicted molar refractivity (Wildman–Crippen MR) is 108 cm³/mol. The van der Waals surface area contributed by atoms with Gasteiger partial charge in [-0.3, -0.25) is 4.79 Å². The molecular formula is C22H19N3OS. The molecule has 2 aromatic carbocycles.